The zero-order valence-electron chi connectivity index (χ0n) is 6.90. The Hall–Kier alpha value is -0.0400. The maximum Gasteiger partial charge on any atom is 0.0528 e. The monoisotopic (exact) mass is 129 g/mol. The van der Waals surface area contributed by atoms with Crippen molar-refractivity contribution in [1.82, 2.24) is 0 Å². The molecule has 1 radical (unpaired) electrons. The van der Waals surface area contributed by atoms with Crippen LogP contribution in [0.3, 0.4) is 0 Å². The Morgan fingerprint density at radius 2 is 2.00 bits per heavy atom. The Morgan fingerprint density at radius 1 is 1.44 bits per heavy atom. The third-order valence-electron chi connectivity index (χ3n) is 1.52. The van der Waals surface area contributed by atoms with Crippen LogP contribution in [0, 0.1) is 11.8 Å². The Labute approximate surface area is 58.4 Å². The van der Waals surface area contributed by atoms with Crippen molar-refractivity contribution in [2.24, 2.45) is 5.92 Å². The molecule has 0 bridgehead atoms. The van der Waals surface area contributed by atoms with Crippen molar-refractivity contribution < 1.29 is 4.74 Å². The van der Waals surface area contributed by atoms with Crippen molar-refractivity contribution in [3.05, 3.63) is 5.92 Å². The van der Waals surface area contributed by atoms with Gasteiger partial charge in [0.05, 0.1) is 6.61 Å². The highest BCUT2D eigenvalue weighted by Crippen LogP contribution is 2.11. The van der Waals surface area contributed by atoms with Crippen LogP contribution < -0.4 is 0 Å². The second-order valence-electron chi connectivity index (χ2n) is 2.64. The molecule has 0 spiro atoms. The molecule has 0 aromatic rings. The first-order valence-electron chi connectivity index (χ1n) is 3.58. The van der Waals surface area contributed by atoms with Crippen LogP contribution in [0.5, 0.6) is 0 Å². The number of hydrogen-bond acceptors (Lipinski definition) is 1. The molecule has 0 amide bonds. The first-order chi connectivity index (χ1) is 4.18. The summed E-state index contributed by atoms with van der Waals surface area (Å²) in [5.74, 6) is 2.09. The van der Waals surface area contributed by atoms with Crippen molar-refractivity contribution in [2.75, 3.05) is 13.2 Å². The average molecular weight is 129 g/mol. The molecule has 0 saturated carbocycles. The molecule has 0 aliphatic heterocycles. The second kappa shape index (κ2) is 4.80. The van der Waals surface area contributed by atoms with Gasteiger partial charge in [0.15, 0.2) is 0 Å². The molecule has 0 aliphatic rings. The van der Waals surface area contributed by atoms with Crippen LogP contribution in [0.4, 0.5) is 0 Å². The Balaban J connectivity index is 3.16. The fraction of sp³-hybridized carbons (Fsp3) is 0.875. The lowest BCUT2D eigenvalue weighted by Gasteiger charge is -2.13. The van der Waals surface area contributed by atoms with Gasteiger partial charge >= 0.3 is 0 Å². The summed E-state index contributed by atoms with van der Waals surface area (Å²) in [4.78, 5) is 0. The lowest BCUT2D eigenvalue weighted by Crippen LogP contribution is -2.09. The standard InChI is InChI=1S/C8H17O/c1-5-9-6-8(4)7(2)3/h7H,5-6H2,1-4H3. The van der Waals surface area contributed by atoms with Crippen LogP contribution in [-0.4, -0.2) is 13.2 Å². The smallest absolute Gasteiger partial charge is 0.0528 e. The van der Waals surface area contributed by atoms with E-state index in [1.54, 1.807) is 0 Å². The fourth-order valence-corrected chi connectivity index (χ4v) is 0.430. The summed E-state index contributed by atoms with van der Waals surface area (Å²) in [7, 11) is 0. The summed E-state index contributed by atoms with van der Waals surface area (Å²) in [5, 5.41) is 0. The van der Waals surface area contributed by atoms with E-state index in [0.29, 0.717) is 5.92 Å². The average Bonchev–Trinajstić information content (AvgIpc) is 1.82. The second-order valence-corrected chi connectivity index (χ2v) is 2.64. The van der Waals surface area contributed by atoms with Crippen molar-refractivity contribution in [2.45, 2.75) is 27.7 Å². The Kier molecular flexibility index (Phi) is 4.78. The highest BCUT2D eigenvalue weighted by Gasteiger charge is 2.05. The minimum Gasteiger partial charge on any atom is -0.381 e. The molecule has 55 valence electrons. The highest BCUT2D eigenvalue weighted by molar-refractivity contribution is 4.86. The van der Waals surface area contributed by atoms with Crippen molar-refractivity contribution in [1.29, 1.82) is 0 Å². The molecule has 1 heteroatoms. The summed E-state index contributed by atoms with van der Waals surface area (Å²) in [6, 6.07) is 0. The van der Waals surface area contributed by atoms with Gasteiger partial charge in [-0.1, -0.05) is 20.8 Å². The van der Waals surface area contributed by atoms with E-state index in [0.717, 1.165) is 13.2 Å². The van der Waals surface area contributed by atoms with Gasteiger partial charge < -0.3 is 4.74 Å². The molecule has 0 rings (SSSR count). The van der Waals surface area contributed by atoms with E-state index in [1.165, 1.54) is 5.92 Å². The van der Waals surface area contributed by atoms with Crippen LogP contribution in [-0.2, 0) is 4.74 Å². The fourth-order valence-electron chi connectivity index (χ4n) is 0.430. The highest BCUT2D eigenvalue weighted by atomic mass is 16.5. The zero-order valence-corrected chi connectivity index (χ0v) is 6.90. The van der Waals surface area contributed by atoms with E-state index >= 15 is 0 Å². The zero-order chi connectivity index (χ0) is 7.28. The van der Waals surface area contributed by atoms with Gasteiger partial charge in [-0.25, -0.2) is 0 Å². The summed E-state index contributed by atoms with van der Waals surface area (Å²) < 4.78 is 5.22. The van der Waals surface area contributed by atoms with Gasteiger partial charge in [0.1, 0.15) is 0 Å². The molecule has 0 atom stereocenters. The van der Waals surface area contributed by atoms with E-state index < -0.39 is 0 Å². The molecule has 1 nitrogen and oxygen atoms in total. The Bertz CT molecular complexity index is 59.6. The molecule has 0 heterocycles. The molecule has 0 N–H and O–H groups in total. The quantitative estimate of drug-likeness (QED) is 0.565. The van der Waals surface area contributed by atoms with Gasteiger partial charge in [-0.15, -0.1) is 0 Å². The molecule has 0 saturated heterocycles. The number of hydrogen-bond donors (Lipinski definition) is 0. The third-order valence-corrected chi connectivity index (χ3v) is 1.52. The molecular formula is C8H17O. The normalized spacial score (nSPS) is 11.3. The van der Waals surface area contributed by atoms with Crippen LogP contribution in [0.15, 0.2) is 0 Å². The first-order valence-corrected chi connectivity index (χ1v) is 3.58. The molecular weight excluding hydrogens is 112 g/mol. The first kappa shape index (κ1) is 8.96. The largest absolute Gasteiger partial charge is 0.381 e. The lowest BCUT2D eigenvalue weighted by atomic mass is 9.99. The minimum atomic E-state index is 0.663. The molecule has 0 aromatic carbocycles. The number of ether oxygens (including phenoxy) is 1. The van der Waals surface area contributed by atoms with E-state index in [1.807, 2.05) is 6.92 Å². The predicted molar refractivity (Wildman–Crippen MR) is 40.2 cm³/mol. The van der Waals surface area contributed by atoms with Gasteiger partial charge in [0, 0.05) is 12.5 Å². The van der Waals surface area contributed by atoms with Gasteiger partial charge in [0.25, 0.3) is 0 Å². The van der Waals surface area contributed by atoms with Crippen LogP contribution in [0.25, 0.3) is 0 Å². The molecule has 0 fully saturated rings. The summed E-state index contributed by atoms with van der Waals surface area (Å²) in [6.45, 7) is 10.2. The molecule has 0 aliphatic carbocycles. The summed E-state index contributed by atoms with van der Waals surface area (Å²) >= 11 is 0. The predicted octanol–water partition coefficient (Wildman–Crippen LogP) is 2.27. The van der Waals surface area contributed by atoms with E-state index in [2.05, 4.69) is 20.8 Å². The van der Waals surface area contributed by atoms with Crippen LogP contribution in [0.2, 0.25) is 0 Å². The number of rotatable bonds is 4. The summed E-state index contributed by atoms with van der Waals surface area (Å²) in [5.41, 5.74) is 0. The Morgan fingerprint density at radius 3 is 2.33 bits per heavy atom. The van der Waals surface area contributed by atoms with Crippen molar-refractivity contribution in [3.8, 4) is 0 Å². The minimum absolute atomic E-state index is 0.663. The lowest BCUT2D eigenvalue weighted by molar-refractivity contribution is 0.150. The third kappa shape index (κ3) is 4.46. The van der Waals surface area contributed by atoms with E-state index in [4.69, 9.17) is 4.74 Å². The maximum atomic E-state index is 5.22. The van der Waals surface area contributed by atoms with Gasteiger partial charge in [-0.3, -0.25) is 0 Å². The van der Waals surface area contributed by atoms with E-state index in [-0.39, 0.29) is 0 Å². The SMILES string of the molecule is CCOC[C](C)C(C)C. The van der Waals surface area contributed by atoms with Crippen LogP contribution in [0.1, 0.15) is 27.7 Å². The summed E-state index contributed by atoms with van der Waals surface area (Å²) in [6.07, 6.45) is 0. The topological polar surface area (TPSA) is 9.23 Å². The van der Waals surface area contributed by atoms with Crippen molar-refractivity contribution >= 4 is 0 Å². The van der Waals surface area contributed by atoms with Crippen molar-refractivity contribution in [3.63, 3.8) is 0 Å². The van der Waals surface area contributed by atoms with Gasteiger partial charge in [0.2, 0.25) is 0 Å². The van der Waals surface area contributed by atoms with Gasteiger partial charge in [-0.05, 0) is 12.8 Å². The van der Waals surface area contributed by atoms with E-state index in [9.17, 15) is 0 Å². The van der Waals surface area contributed by atoms with Gasteiger partial charge in [-0.2, -0.15) is 0 Å². The maximum absolute atomic E-state index is 5.22. The molecule has 9 heavy (non-hydrogen) atoms. The molecule has 0 unspecified atom stereocenters. The van der Waals surface area contributed by atoms with Crippen LogP contribution >= 0.6 is 0 Å². The molecule has 0 aromatic heterocycles.